The zero-order valence-corrected chi connectivity index (χ0v) is 12.4. The maximum absolute atomic E-state index is 11.7. The van der Waals surface area contributed by atoms with Crippen molar-refractivity contribution in [1.29, 1.82) is 0 Å². The Balaban J connectivity index is 1.94. The van der Waals surface area contributed by atoms with Crippen molar-refractivity contribution in [3.8, 4) is 0 Å². The third-order valence-electron chi connectivity index (χ3n) is 3.31. The number of nitrogens with zero attached hydrogens (tertiary/aromatic N) is 1. The molecule has 2 aromatic rings. The van der Waals surface area contributed by atoms with Gasteiger partial charge in [-0.3, -0.25) is 4.79 Å². The van der Waals surface area contributed by atoms with Crippen LogP contribution in [-0.2, 0) is 4.79 Å². The maximum atomic E-state index is 11.7. The fraction of sp³-hybridized carbons (Fsp3) is 0.125. The molecule has 1 unspecified atom stereocenters. The Hall–Kier alpha value is -1.94. The van der Waals surface area contributed by atoms with Gasteiger partial charge in [0.25, 0.3) is 5.91 Å². The molecule has 100 valence electrons. The van der Waals surface area contributed by atoms with Gasteiger partial charge in [-0.1, -0.05) is 46.3 Å². The van der Waals surface area contributed by atoms with Crippen molar-refractivity contribution in [2.24, 2.45) is 0 Å². The van der Waals surface area contributed by atoms with Crippen molar-refractivity contribution >= 4 is 28.1 Å². The molecule has 3 nitrogen and oxygen atoms in total. The molecule has 0 radical (unpaired) electrons. The number of hydrazine groups is 1. The summed E-state index contributed by atoms with van der Waals surface area (Å²) in [6, 6.07) is 18.1. The first-order chi connectivity index (χ1) is 9.72. The molecule has 1 atom stereocenters. The molecular weight excluding hydrogens is 316 g/mol. The summed E-state index contributed by atoms with van der Waals surface area (Å²) in [4.78, 5) is 11.7. The summed E-state index contributed by atoms with van der Waals surface area (Å²) in [5.41, 5.74) is 5.08. The van der Waals surface area contributed by atoms with Crippen molar-refractivity contribution in [3.63, 3.8) is 0 Å². The predicted octanol–water partition coefficient (Wildman–Crippen LogP) is 3.06. The topological polar surface area (TPSA) is 32.1 Å². The molecule has 0 aromatic heterocycles. The molecule has 20 heavy (non-hydrogen) atoms. The van der Waals surface area contributed by atoms with Gasteiger partial charge in [-0.05, 0) is 24.3 Å². The lowest BCUT2D eigenvalue weighted by molar-refractivity contribution is -0.594. The number of benzene rings is 2. The fourth-order valence-electron chi connectivity index (χ4n) is 2.33. The molecule has 0 saturated carbocycles. The highest BCUT2D eigenvalue weighted by Gasteiger charge is 2.35. The molecule has 1 aliphatic rings. The van der Waals surface area contributed by atoms with Crippen LogP contribution in [0.4, 0.5) is 0 Å². The largest absolute Gasteiger partial charge is 0.281 e. The van der Waals surface area contributed by atoms with Crippen molar-refractivity contribution in [2.75, 3.05) is 0 Å². The van der Waals surface area contributed by atoms with Crippen LogP contribution in [0.15, 0.2) is 59.1 Å². The second kappa shape index (κ2) is 5.59. The highest BCUT2D eigenvalue weighted by Crippen LogP contribution is 2.23. The average Bonchev–Trinajstić information content (AvgIpc) is 2.83. The Morgan fingerprint density at radius 1 is 1.10 bits per heavy atom. The predicted molar refractivity (Wildman–Crippen MR) is 81.5 cm³/mol. The number of halogens is 1. The van der Waals surface area contributed by atoms with Crippen LogP contribution in [0.3, 0.4) is 0 Å². The van der Waals surface area contributed by atoms with Gasteiger partial charge >= 0.3 is 0 Å². The normalized spacial score (nSPS) is 20.1. The Labute approximate surface area is 126 Å². The SMILES string of the molecule is O=C1CC(c2ccccc2)/[N+](=C/c2ccc(Br)cc2)N1. The summed E-state index contributed by atoms with van der Waals surface area (Å²) in [6.45, 7) is 0. The van der Waals surface area contributed by atoms with Gasteiger partial charge in [0.2, 0.25) is 12.3 Å². The highest BCUT2D eigenvalue weighted by molar-refractivity contribution is 9.10. The van der Waals surface area contributed by atoms with E-state index in [2.05, 4.69) is 21.4 Å². The van der Waals surface area contributed by atoms with E-state index in [-0.39, 0.29) is 11.9 Å². The third-order valence-corrected chi connectivity index (χ3v) is 3.84. The van der Waals surface area contributed by atoms with Crippen molar-refractivity contribution in [2.45, 2.75) is 12.5 Å². The van der Waals surface area contributed by atoms with Gasteiger partial charge in [0, 0.05) is 15.6 Å². The minimum Gasteiger partial charge on any atom is -0.269 e. The Kier molecular flexibility index (Phi) is 3.65. The number of hydrogen-bond acceptors (Lipinski definition) is 1. The van der Waals surface area contributed by atoms with Crippen LogP contribution in [0.1, 0.15) is 23.6 Å². The Morgan fingerprint density at radius 3 is 2.50 bits per heavy atom. The first kappa shape index (κ1) is 13.1. The molecular formula is C16H14BrN2O+. The van der Waals surface area contributed by atoms with Crippen molar-refractivity contribution < 1.29 is 9.48 Å². The number of rotatable bonds is 2. The molecule has 1 heterocycles. The first-order valence-corrected chi connectivity index (χ1v) is 7.25. The molecule has 0 aliphatic carbocycles. The Morgan fingerprint density at radius 2 is 1.80 bits per heavy atom. The van der Waals surface area contributed by atoms with E-state index in [1.54, 1.807) is 0 Å². The number of hydrogen-bond donors (Lipinski definition) is 1. The van der Waals surface area contributed by atoms with E-state index >= 15 is 0 Å². The molecule has 0 spiro atoms. The third kappa shape index (κ3) is 2.80. The van der Waals surface area contributed by atoms with Crippen LogP contribution in [0.25, 0.3) is 0 Å². The van der Waals surface area contributed by atoms with Crippen molar-refractivity contribution in [1.82, 2.24) is 5.43 Å². The molecule has 1 amide bonds. The number of nitrogens with one attached hydrogen (secondary N) is 1. The van der Waals surface area contributed by atoms with Crippen LogP contribution in [0.2, 0.25) is 0 Å². The quantitative estimate of drug-likeness (QED) is 0.844. The van der Waals surface area contributed by atoms with Crippen LogP contribution >= 0.6 is 15.9 Å². The molecule has 1 N–H and O–H groups in total. The monoisotopic (exact) mass is 329 g/mol. The summed E-state index contributed by atoms with van der Waals surface area (Å²) < 4.78 is 2.93. The number of hydrazone groups is 1. The number of amides is 1. The number of carbonyl (C=O) groups is 1. The molecule has 1 aliphatic heterocycles. The van der Waals surface area contributed by atoms with Gasteiger partial charge < -0.3 is 0 Å². The zero-order valence-electron chi connectivity index (χ0n) is 10.8. The smallest absolute Gasteiger partial charge is 0.269 e. The minimum absolute atomic E-state index is 0.0483. The molecule has 0 bridgehead atoms. The van der Waals surface area contributed by atoms with Crippen LogP contribution in [-0.4, -0.2) is 16.8 Å². The van der Waals surface area contributed by atoms with E-state index in [0.717, 1.165) is 15.6 Å². The fourth-order valence-corrected chi connectivity index (χ4v) is 2.59. The van der Waals surface area contributed by atoms with E-state index in [1.165, 1.54) is 0 Å². The lowest BCUT2D eigenvalue weighted by Crippen LogP contribution is -2.26. The van der Waals surface area contributed by atoms with Crippen LogP contribution < -0.4 is 5.43 Å². The summed E-state index contributed by atoms with van der Waals surface area (Å²) in [5.74, 6) is 0.0483. The second-order valence-electron chi connectivity index (χ2n) is 4.75. The standard InChI is InChI=1S/C16H13BrN2O/c17-14-8-6-12(7-9-14)11-19-15(10-16(20)18-19)13-4-2-1-3-5-13/h1-9,11,15H,10H2/p+1/b19-11-. The van der Waals surface area contributed by atoms with Gasteiger partial charge in [-0.25, -0.2) is 0 Å². The van der Waals surface area contributed by atoms with Gasteiger partial charge in [0.05, 0.1) is 0 Å². The summed E-state index contributed by atoms with van der Waals surface area (Å²) in [7, 11) is 0. The van der Waals surface area contributed by atoms with Gasteiger partial charge in [0.1, 0.15) is 6.42 Å². The molecule has 4 heteroatoms. The lowest BCUT2D eigenvalue weighted by Gasteiger charge is -2.05. The van der Waals surface area contributed by atoms with E-state index in [4.69, 9.17) is 0 Å². The Bertz CT molecular complexity index is 650. The zero-order chi connectivity index (χ0) is 13.9. The van der Waals surface area contributed by atoms with E-state index in [0.29, 0.717) is 6.42 Å². The van der Waals surface area contributed by atoms with Crippen LogP contribution in [0, 0.1) is 0 Å². The van der Waals surface area contributed by atoms with Gasteiger partial charge in [-0.15, -0.1) is 10.1 Å². The highest BCUT2D eigenvalue weighted by atomic mass is 79.9. The lowest BCUT2D eigenvalue weighted by atomic mass is 10.1. The number of carbonyl (C=O) groups excluding carboxylic acids is 1. The van der Waals surface area contributed by atoms with Gasteiger partial charge in [0.15, 0.2) is 0 Å². The van der Waals surface area contributed by atoms with E-state index < -0.39 is 0 Å². The van der Waals surface area contributed by atoms with Crippen molar-refractivity contribution in [3.05, 3.63) is 70.2 Å². The van der Waals surface area contributed by atoms with E-state index in [1.807, 2.05) is 65.5 Å². The molecule has 3 rings (SSSR count). The molecule has 2 aromatic carbocycles. The molecule has 1 saturated heterocycles. The maximum Gasteiger partial charge on any atom is 0.281 e. The summed E-state index contributed by atoms with van der Waals surface area (Å²) in [5, 5.41) is 0. The second-order valence-corrected chi connectivity index (χ2v) is 5.67. The van der Waals surface area contributed by atoms with E-state index in [9.17, 15) is 4.79 Å². The summed E-state index contributed by atoms with van der Waals surface area (Å²) >= 11 is 3.42. The average molecular weight is 330 g/mol. The van der Waals surface area contributed by atoms with Gasteiger partial charge in [-0.2, -0.15) is 0 Å². The molecule has 1 fully saturated rings. The first-order valence-electron chi connectivity index (χ1n) is 6.45. The van der Waals surface area contributed by atoms with Crippen LogP contribution in [0.5, 0.6) is 0 Å². The minimum atomic E-state index is 0.0483. The summed E-state index contributed by atoms with van der Waals surface area (Å²) in [6.07, 6.45) is 2.45.